The van der Waals surface area contributed by atoms with Gasteiger partial charge in [-0.05, 0) is 18.6 Å². The van der Waals surface area contributed by atoms with Gasteiger partial charge in [0.25, 0.3) is 0 Å². The predicted molar refractivity (Wildman–Crippen MR) is 110 cm³/mol. The first-order valence-electron chi connectivity index (χ1n) is 8.88. The molecule has 1 saturated heterocycles. The monoisotopic (exact) mass is 403 g/mol. The highest BCUT2D eigenvalue weighted by atomic mass is 35.5. The third kappa shape index (κ3) is 4.31. The maximum Gasteiger partial charge on any atom is 0.243 e. The number of benzene rings is 2. The maximum atomic E-state index is 12.5. The average Bonchev–Trinajstić information content (AvgIpc) is 3.13. The zero-order chi connectivity index (χ0) is 20.1. The van der Waals surface area contributed by atoms with Gasteiger partial charge in [-0.1, -0.05) is 23.7 Å². The number of carbonyl (C=O) groups is 2. The molecule has 1 heterocycles. The van der Waals surface area contributed by atoms with E-state index in [1.165, 1.54) is 14.2 Å². The van der Waals surface area contributed by atoms with E-state index in [0.717, 1.165) is 17.8 Å². The van der Waals surface area contributed by atoms with Gasteiger partial charge in [-0.15, -0.1) is 0 Å². The first-order valence-corrected chi connectivity index (χ1v) is 9.26. The van der Waals surface area contributed by atoms with Crippen LogP contribution in [0.25, 0.3) is 0 Å². The van der Waals surface area contributed by atoms with Crippen LogP contribution in [0.4, 0.5) is 17.1 Å². The van der Waals surface area contributed by atoms with E-state index in [2.05, 4.69) is 10.6 Å². The second-order valence-corrected chi connectivity index (χ2v) is 6.66. The van der Waals surface area contributed by atoms with Crippen molar-refractivity contribution < 1.29 is 19.1 Å². The summed E-state index contributed by atoms with van der Waals surface area (Å²) in [5.41, 5.74) is 1.97. The minimum atomic E-state index is -0.273. The first kappa shape index (κ1) is 19.8. The average molecular weight is 404 g/mol. The summed E-state index contributed by atoms with van der Waals surface area (Å²) in [6.45, 7) is 0.707. The number of anilines is 3. The molecule has 2 aromatic carbocycles. The van der Waals surface area contributed by atoms with Crippen LogP contribution in [0, 0.1) is 0 Å². The van der Waals surface area contributed by atoms with Gasteiger partial charge in [-0.3, -0.25) is 9.59 Å². The summed E-state index contributed by atoms with van der Waals surface area (Å²) < 4.78 is 10.5. The van der Waals surface area contributed by atoms with Gasteiger partial charge in [-0.25, -0.2) is 0 Å². The summed E-state index contributed by atoms with van der Waals surface area (Å²) >= 11 is 6.09. The van der Waals surface area contributed by atoms with Gasteiger partial charge in [0.2, 0.25) is 11.8 Å². The number of methoxy groups -OCH3 is 2. The molecule has 8 heteroatoms. The van der Waals surface area contributed by atoms with E-state index < -0.39 is 0 Å². The zero-order valence-electron chi connectivity index (χ0n) is 15.8. The lowest BCUT2D eigenvalue weighted by atomic mass is 10.2. The van der Waals surface area contributed by atoms with Gasteiger partial charge in [-0.2, -0.15) is 0 Å². The lowest BCUT2D eigenvalue weighted by molar-refractivity contribution is -0.117. The summed E-state index contributed by atoms with van der Waals surface area (Å²) in [6, 6.07) is 10.6. The first-order chi connectivity index (χ1) is 13.5. The van der Waals surface area contributed by atoms with Gasteiger partial charge in [0, 0.05) is 25.1 Å². The van der Waals surface area contributed by atoms with E-state index in [1.807, 2.05) is 24.3 Å². The minimum absolute atomic E-state index is 0.0210. The molecule has 0 aromatic heterocycles. The third-order valence-corrected chi connectivity index (χ3v) is 4.75. The maximum absolute atomic E-state index is 12.5. The fourth-order valence-corrected chi connectivity index (χ4v) is 3.32. The van der Waals surface area contributed by atoms with Crippen molar-refractivity contribution in [2.75, 3.05) is 42.8 Å². The van der Waals surface area contributed by atoms with Gasteiger partial charge >= 0.3 is 0 Å². The van der Waals surface area contributed by atoms with E-state index in [0.29, 0.717) is 35.2 Å². The molecule has 0 bridgehead atoms. The van der Waals surface area contributed by atoms with E-state index in [9.17, 15) is 9.59 Å². The van der Waals surface area contributed by atoms with Gasteiger partial charge in [0.1, 0.15) is 11.5 Å². The molecule has 0 atom stereocenters. The lowest BCUT2D eigenvalue weighted by Gasteiger charge is -2.20. The number of nitrogens with one attached hydrogen (secondary N) is 2. The lowest BCUT2D eigenvalue weighted by Crippen LogP contribution is -2.26. The van der Waals surface area contributed by atoms with Crippen molar-refractivity contribution in [3.8, 4) is 11.5 Å². The molecule has 0 aliphatic carbocycles. The van der Waals surface area contributed by atoms with E-state index >= 15 is 0 Å². The number of amides is 2. The van der Waals surface area contributed by atoms with Gasteiger partial charge in [0.15, 0.2) is 0 Å². The molecule has 0 radical (unpaired) electrons. The number of carbonyl (C=O) groups excluding carboxylic acids is 2. The highest BCUT2D eigenvalue weighted by molar-refractivity contribution is 6.32. The number of halogens is 1. The Morgan fingerprint density at radius 3 is 2.57 bits per heavy atom. The van der Waals surface area contributed by atoms with Crippen LogP contribution in [-0.2, 0) is 9.59 Å². The molecule has 1 aliphatic rings. The van der Waals surface area contributed by atoms with Crippen LogP contribution in [-0.4, -0.2) is 39.1 Å². The molecule has 0 saturated carbocycles. The highest BCUT2D eigenvalue weighted by Gasteiger charge is 2.23. The molecule has 148 valence electrons. The van der Waals surface area contributed by atoms with Crippen LogP contribution in [0.15, 0.2) is 36.4 Å². The van der Waals surface area contributed by atoms with Crippen LogP contribution in [0.2, 0.25) is 5.02 Å². The van der Waals surface area contributed by atoms with Crippen molar-refractivity contribution >= 4 is 40.5 Å². The van der Waals surface area contributed by atoms with E-state index in [1.54, 1.807) is 17.0 Å². The van der Waals surface area contributed by atoms with Crippen molar-refractivity contribution in [2.24, 2.45) is 0 Å². The Labute approximate surface area is 168 Å². The molecule has 0 unspecified atom stereocenters. The number of nitrogens with zero attached hydrogens (tertiary/aromatic N) is 1. The molecule has 1 aliphatic heterocycles. The molecule has 2 amide bonds. The molecular formula is C20H22ClN3O4. The number of hydrogen-bond acceptors (Lipinski definition) is 5. The molecule has 7 nitrogen and oxygen atoms in total. The number of para-hydroxylation sites is 2. The Balaban J connectivity index is 1.70. The summed E-state index contributed by atoms with van der Waals surface area (Å²) in [7, 11) is 2.99. The molecule has 0 spiro atoms. The number of rotatable bonds is 7. The van der Waals surface area contributed by atoms with Crippen molar-refractivity contribution in [1.29, 1.82) is 0 Å². The summed E-state index contributed by atoms with van der Waals surface area (Å²) in [5.74, 6) is 0.688. The topological polar surface area (TPSA) is 79.9 Å². The number of ether oxygens (including phenoxy) is 2. The SMILES string of the molecule is COc1cc(NC(=O)CNc2ccccc2N2CCCC2=O)c(OC)cc1Cl. The Morgan fingerprint density at radius 1 is 1.14 bits per heavy atom. The third-order valence-electron chi connectivity index (χ3n) is 4.46. The Bertz CT molecular complexity index is 888. The van der Waals surface area contributed by atoms with Crippen molar-refractivity contribution in [2.45, 2.75) is 12.8 Å². The molecular weight excluding hydrogens is 382 g/mol. The van der Waals surface area contributed by atoms with Crippen LogP contribution < -0.4 is 25.0 Å². The van der Waals surface area contributed by atoms with E-state index in [4.69, 9.17) is 21.1 Å². The molecule has 3 rings (SSSR count). The standard InChI is InChI=1S/C20H22ClN3O4/c1-27-17-11-15(18(28-2)10-13(17)21)23-19(25)12-22-14-6-3-4-7-16(14)24-9-5-8-20(24)26/h3-4,6-7,10-11,22H,5,8-9,12H2,1-2H3,(H,23,25). The van der Waals surface area contributed by atoms with E-state index in [-0.39, 0.29) is 18.4 Å². The van der Waals surface area contributed by atoms with Crippen LogP contribution in [0.3, 0.4) is 0 Å². The smallest absolute Gasteiger partial charge is 0.243 e. The minimum Gasteiger partial charge on any atom is -0.495 e. The van der Waals surface area contributed by atoms with Gasteiger partial charge in [0.05, 0.1) is 42.8 Å². The second kappa shape index (κ2) is 8.84. The summed E-state index contributed by atoms with van der Waals surface area (Å²) in [6.07, 6.45) is 1.39. The van der Waals surface area contributed by atoms with Crippen LogP contribution >= 0.6 is 11.6 Å². The quantitative estimate of drug-likeness (QED) is 0.739. The second-order valence-electron chi connectivity index (χ2n) is 6.25. The summed E-state index contributed by atoms with van der Waals surface area (Å²) in [5, 5.41) is 6.28. The Kier molecular flexibility index (Phi) is 6.26. The fourth-order valence-electron chi connectivity index (χ4n) is 3.09. The summed E-state index contributed by atoms with van der Waals surface area (Å²) in [4.78, 5) is 26.2. The zero-order valence-corrected chi connectivity index (χ0v) is 16.5. The molecule has 28 heavy (non-hydrogen) atoms. The normalized spacial score (nSPS) is 13.4. The van der Waals surface area contributed by atoms with Crippen LogP contribution in [0.5, 0.6) is 11.5 Å². The Morgan fingerprint density at radius 2 is 1.89 bits per heavy atom. The largest absolute Gasteiger partial charge is 0.495 e. The fraction of sp³-hybridized carbons (Fsp3) is 0.300. The molecule has 2 aromatic rings. The van der Waals surface area contributed by atoms with Crippen molar-refractivity contribution in [3.63, 3.8) is 0 Å². The van der Waals surface area contributed by atoms with Gasteiger partial charge < -0.3 is 25.0 Å². The molecule has 1 fully saturated rings. The number of hydrogen-bond donors (Lipinski definition) is 2. The Hall–Kier alpha value is -2.93. The molecule has 2 N–H and O–H groups in total. The van der Waals surface area contributed by atoms with Crippen LogP contribution in [0.1, 0.15) is 12.8 Å². The van der Waals surface area contributed by atoms with Crippen molar-refractivity contribution in [1.82, 2.24) is 0 Å². The van der Waals surface area contributed by atoms with Crippen molar-refractivity contribution in [3.05, 3.63) is 41.4 Å². The predicted octanol–water partition coefficient (Wildman–Crippen LogP) is 3.53. The highest BCUT2D eigenvalue weighted by Crippen LogP contribution is 2.36.